The van der Waals surface area contributed by atoms with Gasteiger partial charge in [-0.15, -0.1) is 0 Å². The van der Waals surface area contributed by atoms with Crippen molar-refractivity contribution in [1.82, 2.24) is 15.3 Å². The van der Waals surface area contributed by atoms with Crippen LogP contribution < -0.4 is 20.7 Å². The van der Waals surface area contributed by atoms with Gasteiger partial charge >= 0.3 is 0 Å². The lowest BCUT2D eigenvalue weighted by Crippen LogP contribution is -2.41. The highest BCUT2D eigenvalue weighted by molar-refractivity contribution is 5.95. The Labute approximate surface area is 202 Å². The first-order valence-electron chi connectivity index (χ1n) is 11.4. The van der Waals surface area contributed by atoms with E-state index in [0.29, 0.717) is 41.4 Å². The van der Waals surface area contributed by atoms with Crippen LogP contribution in [0, 0.1) is 11.3 Å². The van der Waals surface area contributed by atoms with Crippen molar-refractivity contribution < 1.29 is 19.4 Å². The number of carbonyl (C=O) groups excluding carboxylic acids is 2. The second-order valence-electron chi connectivity index (χ2n) is 8.27. The first-order chi connectivity index (χ1) is 17.1. The predicted molar refractivity (Wildman–Crippen MR) is 130 cm³/mol. The highest BCUT2D eigenvalue weighted by Gasteiger charge is 2.23. The van der Waals surface area contributed by atoms with Gasteiger partial charge in [-0.2, -0.15) is 5.26 Å². The molecule has 5 rings (SSSR count). The maximum atomic E-state index is 11.3. The molecule has 0 unspecified atom stereocenters. The Kier molecular flexibility index (Phi) is 7.82. The molecule has 35 heavy (non-hydrogen) atoms. The molecule has 1 aliphatic heterocycles. The summed E-state index contributed by atoms with van der Waals surface area (Å²) < 4.78 is 5.27. The molecule has 10 heteroatoms. The van der Waals surface area contributed by atoms with Crippen LogP contribution in [0.1, 0.15) is 37.1 Å². The number of anilines is 2. The van der Waals surface area contributed by atoms with Crippen LogP contribution in [0.25, 0.3) is 10.9 Å². The Morgan fingerprint density at radius 1 is 1.17 bits per heavy atom. The molecule has 2 aliphatic rings. The third-order valence-corrected chi connectivity index (χ3v) is 5.86. The van der Waals surface area contributed by atoms with Gasteiger partial charge in [0.1, 0.15) is 11.8 Å². The third kappa shape index (κ3) is 6.09. The molecule has 180 valence electrons. The Morgan fingerprint density at radius 2 is 2.03 bits per heavy atom. The number of nitrogens with zero attached hydrogens (tertiary/aromatic N) is 3. The molecule has 1 aromatic carbocycles. The number of hydrogen-bond donors (Lipinski definition) is 4. The van der Waals surface area contributed by atoms with E-state index in [1.54, 1.807) is 18.2 Å². The fraction of sp³-hybridized carbons (Fsp3) is 0.320. The van der Waals surface area contributed by atoms with Gasteiger partial charge in [0.2, 0.25) is 6.41 Å². The van der Waals surface area contributed by atoms with Crippen LogP contribution in [-0.2, 0) is 16.1 Å². The maximum Gasteiger partial charge on any atom is 0.263 e. The third-order valence-electron chi connectivity index (χ3n) is 5.86. The zero-order valence-electron chi connectivity index (χ0n) is 19.0. The summed E-state index contributed by atoms with van der Waals surface area (Å²) in [5.74, 6) is 0.897. The Hall–Kier alpha value is -4.07. The molecule has 0 spiro atoms. The summed E-state index contributed by atoms with van der Waals surface area (Å²) in [5.41, 5.74) is 2.40. The van der Waals surface area contributed by atoms with Crippen molar-refractivity contribution in [1.29, 1.82) is 5.26 Å². The van der Waals surface area contributed by atoms with E-state index < -0.39 is 0 Å². The number of pyridine rings is 2. The summed E-state index contributed by atoms with van der Waals surface area (Å²) in [5, 5.41) is 28.1. The summed E-state index contributed by atoms with van der Waals surface area (Å²) in [4.78, 5) is 30.1. The van der Waals surface area contributed by atoms with Crippen molar-refractivity contribution in [3.05, 3.63) is 53.9 Å². The Morgan fingerprint density at radius 3 is 2.83 bits per heavy atom. The van der Waals surface area contributed by atoms with Crippen LogP contribution in [0.15, 0.2) is 42.5 Å². The van der Waals surface area contributed by atoms with Crippen LogP contribution in [0.3, 0.4) is 0 Å². The predicted octanol–water partition coefficient (Wildman–Crippen LogP) is 2.48. The van der Waals surface area contributed by atoms with Gasteiger partial charge in [0.15, 0.2) is 18.2 Å². The number of carbonyl (C=O) groups is 2. The van der Waals surface area contributed by atoms with Crippen molar-refractivity contribution in [3.63, 3.8) is 0 Å². The number of ether oxygens (including phenoxy) is 1. The highest BCUT2D eigenvalue weighted by atomic mass is 16.5. The lowest BCUT2D eigenvalue weighted by Gasteiger charge is -2.28. The molecular weight excluding hydrogens is 448 g/mol. The van der Waals surface area contributed by atoms with E-state index in [0.717, 1.165) is 36.8 Å². The molecule has 10 nitrogen and oxygen atoms in total. The van der Waals surface area contributed by atoms with Crippen LogP contribution in [0.4, 0.5) is 11.5 Å². The van der Waals surface area contributed by atoms with Crippen molar-refractivity contribution >= 4 is 34.7 Å². The second-order valence-corrected chi connectivity index (χ2v) is 8.27. The zero-order valence-corrected chi connectivity index (χ0v) is 19.0. The van der Waals surface area contributed by atoms with Crippen LogP contribution in [-0.4, -0.2) is 46.1 Å². The number of amides is 2. The van der Waals surface area contributed by atoms with Crippen molar-refractivity contribution in [2.75, 3.05) is 17.2 Å². The quantitative estimate of drug-likeness (QED) is 0.412. The van der Waals surface area contributed by atoms with Gasteiger partial charge < -0.3 is 25.8 Å². The lowest BCUT2D eigenvalue weighted by atomic mass is 9.92. The number of benzene rings is 1. The molecule has 2 atom stereocenters. The molecule has 0 radical (unpaired) electrons. The number of aliphatic hydroxyl groups excluding tert-OH is 1. The van der Waals surface area contributed by atoms with Gasteiger partial charge in [-0.1, -0.05) is 25.0 Å². The number of nitriles is 1. The monoisotopic (exact) mass is 474 g/mol. The first-order valence-corrected chi connectivity index (χ1v) is 11.4. The largest absolute Gasteiger partial charge is 0.480 e. The Bertz CT molecular complexity index is 1260. The molecule has 2 amide bonds. The minimum absolute atomic E-state index is 0.0422. The van der Waals surface area contributed by atoms with Gasteiger partial charge in [0.25, 0.3) is 5.91 Å². The van der Waals surface area contributed by atoms with E-state index >= 15 is 0 Å². The van der Waals surface area contributed by atoms with Crippen LogP contribution in [0.2, 0.25) is 0 Å². The number of rotatable bonds is 5. The summed E-state index contributed by atoms with van der Waals surface area (Å²) in [6, 6.07) is 14.7. The minimum Gasteiger partial charge on any atom is -0.480 e. The summed E-state index contributed by atoms with van der Waals surface area (Å²) in [6.45, 7) is 0.616. The first kappa shape index (κ1) is 24.1. The van der Waals surface area contributed by atoms with E-state index in [-0.39, 0.29) is 24.7 Å². The number of fused-ring (bicyclic) bond motifs is 2. The topological polar surface area (TPSA) is 149 Å². The average molecular weight is 475 g/mol. The van der Waals surface area contributed by atoms with Gasteiger partial charge in [0.05, 0.1) is 23.0 Å². The number of para-hydroxylation sites is 1. The fourth-order valence-corrected chi connectivity index (χ4v) is 4.08. The summed E-state index contributed by atoms with van der Waals surface area (Å²) >= 11 is 0. The molecule has 2 aromatic heterocycles. The molecule has 4 N–H and O–H groups in total. The minimum atomic E-state index is -0.274. The molecule has 0 saturated heterocycles. The van der Waals surface area contributed by atoms with E-state index in [1.807, 2.05) is 30.3 Å². The number of hydrogen-bond acceptors (Lipinski definition) is 8. The number of aliphatic hydroxyl groups is 1. The summed E-state index contributed by atoms with van der Waals surface area (Å²) in [7, 11) is 0. The number of nitrogens with one attached hydrogen (secondary N) is 3. The lowest BCUT2D eigenvalue weighted by molar-refractivity contribution is -0.118. The van der Waals surface area contributed by atoms with E-state index in [9.17, 15) is 14.7 Å². The van der Waals surface area contributed by atoms with Crippen molar-refractivity contribution in [2.45, 2.75) is 44.4 Å². The molecular formula is C25H26N6O4. The zero-order chi connectivity index (χ0) is 24.6. The van der Waals surface area contributed by atoms with E-state index in [4.69, 9.17) is 10.00 Å². The van der Waals surface area contributed by atoms with Gasteiger partial charge in [-0.3, -0.25) is 9.59 Å². The number of aromatic nitrogens is 2. The molecule has 1 fully saturated rings. The molecule has 3 aromatic rings. The van der Waals surface area contributed by atoms with Gasteiger partial charge in [0, 0.05) is 18.0 Å². The average Bonchev–Trinajstić information content (AvgIpc) is 2.88. The van der Waals surface area contributed by atoms with Crippen molar-refractivity contribution in [2.24, 2.45) is 0 Å². The molecule has 1 saturated carbocycles. The maximum absolute atomic E-state index is 11.3. The summed E-state index contributed by atoms with van der Waals surface area (Å²) in [6.07, 6.45) is 4.42. The SMILES string of the molecule is N#Cc1ccc2cccc(NC=O)c2n1.O=C1COc2ccc(CN[C@H]3CCCC[C@H]3O)nc2N1. The van der Waals surface area contributed by atoms with Crippen molar-refractivity contribution in [3.8, 4) is 11.8 Å². The van der Waals surface area contributed by atoms with Gasteiger partial charge in [-0.25, -0.2) is 9.97 Å². The Balaban J connectivity index is 0.000000172. The molecule has 0 bridgehead atoms. The van der Waals surface area contributed by atoms with E-state index in [2.05, 4.69) is 25.9 Å². The highest BCUT2D eigenvalue weighted by Crippen LogP contribution is 2.26. The van der Waals surface area contributed by atoms with Crippen LogP contribution in [0.5, 0.6) is 5.75 Å². The normalized spacial score (nSPS) is 18.7. The second kappa shape index (κ2) is 11.4. The standard InChI is InChI=1S/C14H19N3O3.C11H7N3O/c18-11-4-2-1-3-10(11)15-7-9-5-6-12-14(16-9)17-13(19)8-20-12;12-6-9-5-4-8-2-1-3-10(13-7-15)11(8)14-9/h5-6,10-11,15,18H,1-4,7-8H2,(H,16,17,19);1-5,7H,(H,13,15)/t10-,11+;/m0./s1. The molecule has 3 heterocycles. The smallest absolute Gasteiger partial charge is 0.263 e. The fourth-order valence-electron chi connectivity index (χ4n) is 4.08. The van der Waals surface area contributed by atoms with E-state index in [1.165, 1.54) is 0 Å². The molecule has 1 aliphatic carbocycles. The van der Waals surface area contributed by atoms with Crippen LogP contribution >= 0.6 is 0 Å². The van der Waals surface area contributed by atoms with Gasteiger partial charge in [-0.05, 0) is 43.2 Å².